The number of rotatable bonds is 4. The molecule has 2 heterocycles. The van der Waals surface area contributed by atoms with E-state index in [-0.39, 0.29) is 0 Å². The van der Waals surface area contributed by atoms with E-state index in [2.05, 4.69) is 66.7 Å². The minimum atomic E-state index is 0.721. The van der Waals surface area contributed by atoms with Gasteiger partial charge in [-0.15, -0.1) is 0 Å². The summed E-state index contributed by atoms with van der Waals surface area (Å²) in [5.41, 5.74) is 9.05. The third kappa shape index (κ3) is 3.97. The van der Waals surface area contributed by atoms with Crippen LogP contribution in [0.4, 0.5) is 0 Å². The summed E-state index contributed by atoms with van der Waals surface area (Å²) in [6.07, 6.45) is 0. The number of furan rings is 1. The van der Waals surface area contributed by atoms with Gasteiger partial charge >= 0.3 is 0 Å². The van der Waals surface area contributed by atoms with Crippen LogP contribution in [0.5, 0.6) is 0 Å². The first kappa shape index (κ1) is 21.3. The summed E-state index contributed by atoms with van der Waals surface area (Å²) in [5.74, 6) is 0.721. The Balaban J connectivity index is 1.30. The van der Waals surface area contributed by atoms with Gasteiger partial charge in [0.15, 0.2) is 5.82 Å². The third-order valence-electron chi connectivity index (χ3n) is 6.72. The van der Waals surface area contributed by atoms with E-state index >= 15 is 0 Å². The summed E-state index contributed by atoms with van der Waals surface area (Å²) in [4.78, 5) is 9.84. The summed E-state index contributed by atoms with van der Waals surface area (Å²) in [6, 6.07) is 45.6. The number of fused-ring (bicyclic) bond motifs is 3. The lowest BCUT2D eigenvalue weighted by atomic mass is 10.00. The predicted octanol–water partition coefficient (Wildman–Crippen LogP) is 9.04. The molecule has 0 unspecified atom stereocenters. The van der Waals surface area contributed by atoms with Crippen LogP contribution in [0.1, 0.15) is 0 Å². The molecule has 0 saturated carbocycles. The lowest BCUT2D eigenvalue weighted by Gasteiger charge is -2.10. The van der Waals surface area contributed by atoms with Gasteiger partial charge in [0.25, 0.3) is 0 Å². The zero-order valence-electron chi connectivity index (χ0n) is 20.0. The maximum Gasteiger partial charge on any atom is 0.160 e. The predicted molar refractivity (Wildman–Crippen MR) is 151 cm³/mol. The molecule has 0 aliphatic heterocycles. The lowest BCUT2D eigenvalue weighted by molar-refractivity contribution is 0.669. The van der Waals surface area contributed by atoms with Crippen LogP contribution in [0, 0.1) is 0 Å². The van der Waals surface area contributed by atoms with Crippen molar-refractivity contribution in [1.82, 2.24) is 9.97 Å². The molecule has 0 fully saturated rings. The van der Waals surface area contributed by atoms with Gasteiger partial charge in [-0.2, -0.15) is 0 Å². The Bertz CT molecular complexity index is 1800. The normalized spacial score (nSPS) is 11.2. The largest absolute Gasteiger partial charge is 0.456 e. The minimum absolute atomic E-state index is 0.721. The SMILES string of the molecule is c1ccc(-c2cc(-c3ccc(-c4ccc5oc6ccccc6c5c4)cc3)nc(-c3ccccc3)n2)cc1. The maximum absolute atomic E-state index is 6.00. The fraction of sp³-hybridized carbons (Fsp3) is 0. The molecule has 5 aromatic carbocycles. The molecule has 3 heteroatoms. The first-order chi connectivity index (χ1) is 18.3. The van der Waals surface area contributed by atoms with E-state index in [1.54, 1.807) is 0 Å². The Kier molecular flexibility index (Phi) is 5.11. The molecular formula is C34H22N2O. The van der Waals surface area contributed by atoms with Crippen molar-refractivity contribution in [3.05, 3.63) is 133 Å². The van der Waals surface area contributed by atoms with Gasteiger partial charge in [0.05, 0.1) is 11.4 Å². The summed E-state index contributed by atoms with van der Waals surface area (Å²) >= 11 is 0. The van der Waals surface area contributed by atoms with Gasteiger partial charge in [-0.1, -0.05) is 109 Å². The molecule has 3 nitrogen and oxygen atoms in total. The van der Waals surface area contributed by atoms with Crippen LogP contribution in [-0.4, -0.2) is 9.97 Å². The van der Waals surface area contributed by atoms with E-state index in [1.807, 2.05) is 66.7 Å². The highest BCUT2D eigenvalue weighted by molar-refractivity contribution is 6.06. The van der Waals surface area contributed by atoms with Crippen molar-refractivity contribution in [3.63, 3.8) is 0 Å². The van der Waals surface area contributed by atoms with Gasteiger partial charge in [0.2, 0.25) is 0 Å². The fourth-order valence-electron chi connectivity index (χ4n) is 4.81. The van der Waals surface area contributed by atoms with E-state index in [9.17, 15) is 0 Å². The van der Waals surface area contributed by atoms with Gasteiger partial charge in [0, 0.05) is 27.5 Å². The average molecular weight is 475 g/mol. The number of benzene rings is 5. The first-order valence-electron chi connectivity index (χ1n) is 12.3. The molecule has 7 rings (SSSR count). The van der Waals surface area contributed by atoms with Crippen LogP contribution in [0.15, 0.2) is 138 Å². The Hall–Kier alpha value is -5.02. The highest BCUT2D eigenvalue weighted by Crippen LogP contribution is 2.33. The first-order valence-corrected chi connectivity index (χ1v) is 12.3. The summed E-state index contributed by atoms with van der Waals surface area (Å²) in [5, 5.41) is 2.27. The number of hydrogen-bond acceptors (Lipinski definition) is 3. The second-order valence-corrected chi connectivity index (χ2v) is 9.08. The van der Waals surface area contributed by atoms with E-state index in [1.165, 1.54) is 0 Å². The lowest BCUT2D eigenvalue weighted by Crippen LogP contribution is -1.95. The van der Waals surface area contributed by atoms with Crippen LogP contribution >= 0.6 is 0 Å². The second kappa shape index (κ2) is 8.89. The minimum Gasteiger partial charge on any atom is -0.456 e. The smallest absolute Gasteiger partial charge is 0.160 e. The van der Waals surface area contributed by atoms with Gasteiger partial charge in [0.1, 0.15) is 11.2 Å². The van der Waals surface area contributed by atoms with Crippen molar-refractivity contribution < 1.29 is 4.42 Å². The average Bonchev–Trinajstić information content (AvgIpc) is 3.36. The quantitative estimate of drug-likeness (QED) is 0.255. The molecule has 0 aliphatic rings. The van der Waals surface area contributed by atoms with E-state index in [4.69, 9.17) is 14.4 Å². The van der Waals surface area contributed by atoms with E-state index in [0.717, 1.165) is 67.0 Å². The molecule has 7 aromatic rings. The number of hydrogen-bond donors (Lipinski definition) is 0. The summed E-state index contributed by atoms with van der Waals surface area (Å²) in [6.45, 7) is 0. The standard InChI is InChI=1S/C34H22N2O/c1-3-9-24(10-4-1)30-22-31(36-34(35-30)26-11-5-2-6-12-26)25-17-15-23(16-18-25)27-19-20-33-29(21-27)28-13-7-8-14-32(28)37-33/h1-22H. The molecule has 0 aliphatic carbocycles. The second-order valence-electron chi connectivity index (χ2n) is 9.08. The Morgan fingerprint density at radius 2 is 0.919 bits per heavy atom. The molecule has 2 aromatic heterocycles. The highest BCUT2D eigenvalue weighted by Gasteiger charge is 2.12. The van der Waals surface area contributed by atoms with Crippen LogP contribution in [0.2, 0.25) is 0 Å². The number of para-hydroxylation sites is 1. The van der Waals surface area contributed by atoms with Gasteiger partial charge in [-0.05, 0) is 35.4 Å². The molecule has 0 amide bonds. The van der Waals surface area contributed by atoms with Crippen LogP contribution in [-0.2, 0) is 0 Å². The van der Waals surface area contributed by atoms with Crippen molar-refractivity contribution in [2.24, 2.45) is 0 Å². The Labute approximate surface area is 214 Å². The fourth-order valence-corrected chi connectivity index (χ4v) is 4.81. The third-order valence-corrected chi connectivity index (χ3v) is 6.72. The molecule has 0 saturated heterocycles. The number of aromatic nitrogens is 2. The van der Waals surface area contributed by atoms with Crippen molar-refractivity contribution in [2.75, 3.05) is 0 Å². The molecule has 0 spiro atoms. The zero-order chi connectivity index (χ0) is 24.6. The van der Waals surface area contributed by atoms with Crippen LogP contribution in [0.3, 0.4) is 0 Å². The van der Waals surface area contributed by atoms with Crippen molar-refractivity contribution in [1.29, 1.82) is 0 Å². The Morgan fingerprint density at radius 3 is 1.65 bits per heavy atom. The van der Waals surface area contributed by atoms with Gasteiger partial charge in [-0.25, -0.2) is 9.97 Å². The topological polar surface area (TPSA) is 38.9 Å². The molecular weight excluding hydrogens is 452 g/mol. The molecule has 0 radical (unpaired) electrons. The molecule has 0 N–H and O–H groups in total. The monoisotopic (exact) mass is 474 g/mol. The van der Waals surface area contributed by atoms with E-state index < -0.39 is 0 Å². The molecule has 0 atom stereocenters. The van der Waals surface area contributed by atoms with Gasteiger partial charge in [-0.3, -0.25) is 0 Å². The summed E-state index contributed by atoms with van der Waals surface area (Å²) in [7, 11) is 0. The molecule has 37 heavy (non-hydrogen) atoms. The van der Waals surface area contributed by atoms with Crippen molar-refractivity contribution in [3.8, 4) is 45.0 Å². The zero-order valence-corrected chi connectivity index (χ0v) is 20.0. The van der Waals surface area contributed by atoms with Crippen molar-refractivity contribution in [2.45, 2.75) is 0 Å². The summed E-state index contributed by atoms with van der Waals surface area (Å²) < 4.78 is 6.00. The molecule has 174 valence electrons. The maximum atomic E-state index is 6.00. The molecule has 0 bridgehead atoms. The van der Waals surface area contributed by atoms with E-state index in [0.29, 0.717) is 0 Å². The van der Waals surface area contributed by atoms with Crippen molar-refractivity contribution >= 4 is 21.9 Å². The number of nitrogens with zero attached hydrogens (tertiary/aromatic N) is 2. The highest BCUT2D eigenvalue weighted by atomic mass is 16.3. The Morgan fingerprint density at radius 1 is 0.378 bits per heavy atom. The van der Waals surface area contributed by atoms with Gasteiger partial charge < -0.3 is 4.42 Å². The van der Waals surface area contributed by atoms with Crippen LogP contribution < -0.4 is 0 Å². The van der Waals surface area contributed by atoms with Crippen LogP contribution in [0.25, 0.3) is 67.0 Å².